The second-order valence-electron chi connectivity index (χ2n) is 34.4. The Bertz CT molecular complexity index is 3390. The van der Waals surface area contributed by atoms with Crippen molar-refractivity contribution in [1.29, 1.82) is 0 Å². The van der Waals surface area contributed by atoms with E-state index in [-0.39, 0.29) is 209 Å². The van der Waals surface area contributed by atoms with Gasteiger partial charge in [-0.25, -0.2) is 0 Å². The number of carbonyl (C=O) groups excluding carboxylic acids is 8. The molecule has 4 saturated heterocycles. The molecule has 4 fully saturated rings. The van der Waals surface area contributed by atoms with Crippen molar-refractivity contribution in [1.82, 2.24) is 121 Å². The fourth-order valence-electron chi connectivity index (χ4n) is 15.6. The van der Waals surface area contributed by atoms with Gasteiger partial charge in [-0.2, -0.15) is 0 Å². The lowest BCUT2D eigenvalue weighted by atomic mass is 9.86. The Morgan fingerprint density at radius 3 is 0.387 bits per heavy atom. The van der Waals surface area contributed by atoms with E-state index in [1.807, 2.05) is 0 Å². The van der Waals surface area contributed by atoms with Gasteiger partial charge in [0.1, 0.15) is 0 Å². The maximum atomic E-state index is 14.5. The number of hydrogen-bond donors (Lipinski definition) is 20. The lowest BCUT2D eigenvalue weighted by Gasteiger charge is -2.36. The third kappa shape index (κ3) is 50.6. The van der Waals surface area contributed by atoms with Crippen molar-refractivity contribution in [3.05, 3.63) is 0 Å². The first-order valence-electron chi connectivity index (χ1n) is 45.1. The van der Waals surface area contributed by atoms with E-state index in [9.17, 15) is 157 Å². The molecule has 4 aliphatic rings. The fourth-order valence-corrected chi connectivity index (χ4v) is 15.6. The van der Waals surface area contributed by atoms with Gasteiger partial charge < -0.3 is 104 Å². The molecule has 0 spiro atoms. The lowest BCUT2D eigenvalue weighted by Crippen LogP contribution is -2.59. The lowest BCUT2D eigenvalue weighted by molar-refractivity contribution is -0.141. The molecule has 8 amide bonds. The number of nitrogens with zero attached hydrogens (tertiary/aromatic N) is 16. The number of nitrogens with one attached hydrogen (secondary N) is 8. The van der Waals surface area contributed by atoms with Crippen LogP contribution in [0.4, 0.5) is 0 Å². The number of hydrogen-bond acceptors (Lipinski definition) is 36. The smallest absolute Gasteiger partial charge is 0.317 e. The summed E-state index contributed by atoms with van der Waals surface area (Å²) in [5.41, 5.74) is -1.89. The number of carbonyl (C=O) groups is 20. The Kier molecular flexibility index (Phi) is 53.9. The van der Waals surface area contributed by atoms with Gasteiger partial charge in [0.25, 0.3) is 0 Å². The van der Waals surface area contributed by atoms with Crippen LogP contribution in [0, 0.1) is 5.41 Å². The molecular formula is C81H140N24O32. The first-order chi connectivity index (χ1) is 64.6. The second-order valence-corrected chi connectivity index (χ2v) is 34.4. The molecule has 0 bridgehead atoms. The van der Waals surface area contributed by atoms with Gasteiger partial charge in [-0.1, -0.05) is 0 Å². The van der Waals surface area contributed by atoms with E-state index in [4.69, 9.17) is 0 Å². The molecule has 0 aliphatic carbocycles. The maximum absolute atomic E-state index is 14.5. The summed E-state index contributed by atoms with van der Waals surface area (Å²) in [6, 6.07) is -4.54. The van der Waals surface area contributed by atoms with Gasteiger partial charge in [0, 0.05) is 241 Å². The average Bonchev–Trinajstić information content (AvgIpc) is 0.844. The first kappa shape index (κ1) is 118. The Morgan fingerprint density at radius 1 is 0.182 bits per heavy atom. The summed E-state index contributed by atoms with van der Waals surface area (Å²) in [6.45, 7) is -5.00. The summed E-state index contributed by atoms with van der Waals surface area (Å²) in [5.74, 6) is -21.4. The normalized spacial score (nSPS) is 19.2. The molecule has 137 heavy (non-hydrogen) atoms. The summed E-state index contributed by atoms with van der Waals surface area (Å²) in [6.07, 6.45) is 0. The number of carboxylic acids is 12. The van der Waals surface area contributed by atoms with Crippen molar-refractivity contribution < 1.29 is 157 Å². The van der Waals surface area contributed by atoms with Gasteiger partial charge in [0.05, 0.1) is 129 Å². The van der Waals surface area contributed by atoms with Crippen molar-refractivity contribution in [3.63, 3.8) is 0 Å². The quantitative estimate of drug-likeness (QED) is 0.0269. The van der Waals surface area contributed by atoms with Crippen LogP contribution in [-0.2, 0) is 95.9 Å². The van der Waals surface area contributed by atoms with E-state index < -0.39 is 279 Å². The molecule has 20 N–H and O–H groups in total. The largest absolute Gasteiger partial charge is 0.480 e. The maximum Gasteiger partial charge on any atom is 0.317 e. The third-order valence-corrected chi connectivity index (χ3v) is 23.8. The molecule has 56 nitrogen and oxygen atoms in total. The van der Waals surface area contributed by atoms with Crippen molar-refractivity contribution >= 4 is 119 Å². The zero-order valence-electron chi connectivity index (χ0n) is 78.3. The van der Waals surface area contributed by atoms with Crippen LogP contribution in [0.25, 0.3) is 0 Å². The Balaban J connectivity index is 1.81. The summed E-state index contributed by atoms with van der Waals surface area (Å²) in [4.78, 5) is 284. The predicted octanol–water partition coefficient (Wildman–Crippen LogP) is -13.6. The topological polar surface area (TPSA) is 732 Å². The monoisotopic (exact) mass is 1960 g/mol. The van der Waals surface area contributed by atoms with E-state index in [0.29, 0.717) is 0 Å². The highest BCUT2D eigenvalue weighted by Crippen LogP contribution is 2.17. The van der Waals surface area contributed by atoms with Gasteiger partial charge in [0.15, 0.2) is 0 Å². The number of rotatable bonds is 48. The zero-order chi connectivity index (χ0) is 102. The fraction of sp³-hybridized carbons (Fsp3) is 0.753. The molecule has 0 radical (unpaired) electrons. The Hall–Kier alpha value is -11.2. The van der Waals surface area contributed by atoms with Crippen LogP contribution in [0.5, 0.6) is 0 Å². The number of carboxylic acid groups (broad SMARTS) is 12. The third-order valence-electron chi connectivity index (χ3n) is 23.8. The minimum Gasteiger partial charge on any atom is -0.480 e. The SMILES string of the molecule is C[C@H](C(=O)NCC(=O)NCC(CNC(=O)CNC(=O)[C@@H](C)N1CCN(CC(=O)O)CCN(CC(=O)O)CCN(CC(=O)O)CC1)(CNC(=O)CNC(=O)[C@@H](C)N1CCN(CC(=O)O)CCN(CC(=O)O)CCN(CC(=O)O)CC1)CNC(=O)CNC(=O)[C@@H](C)N1CCN(CC(=O)O)CCN(CC(=O)O)CCN(CC(=O)O)CC1)N1CCN(CC(=O)O)CCN(CC(=O)O)CCN(CC(=O)O)CC1. The van der Waals surface area contributed by atoms with Gasteiger partial charge in [0.2, 0.25) is 47.3 Å². The van der Waals surface area contributed by atoms with Crippen molar-refractivity contribution in [2.75, 3.05) is 340 Å². The number of aliphatic carboxylic acids is 12. The highest BCUT2D eigenvalue weighted by atomic mass is 16.4. The summed E-state index contributed by atoms with van der Waals surface area (Å²) >= 11 is 0. The Morgan fingerprint density at radius 2 is 0.285 bits per heavy atom. The van der Waals surface area contributed by atoms with Crippen LogP contribution in [0.2, 0.25) is 0 Å². The van der Waals surface area contributed by atoms with E-state index in [1.165, 1.54) is 86.5 Å². The van der Waals surface area contributed by atoms with Crippen molar-refractivity contribution in [3.8, 4) is 0 Å². The molecule has 4 aliphatic heterocycles. The molecular weight excluding hydrogens is 1820 g/mol. The first-order valence-corrected chi connectivity index (χ1v) is 45.1. The molecule has 0 aromatic rings. The Labute approximate surface area is 791 Å². The van der Waals surface area contributed by atoms with E-state index >= 15 is 0 Å². The highest BCUT2D eigenvalue weighted by Gasteiger charge is 2.37. The van der Waals surface area contributed by atoms with E-state index in [0.717, 1.165) is 0 Å². The highest BCUT2D eigenvalue weighted by molar-refractivity contribution is 5.90. The molecule has 0 aromatic heterocycles. The second kappa shape index (κ2) is 62.6. The van der Waals surface area contributed by atoms with Crippen LogP contribution in [0.15, 0.2) is 0 Å². The minimum absolute atomic E-state index is 0.00177. The average molecular weight is 1960 g/mol. The predicted molar refractivity (Wildman–Crippen MR) is 480 cm³/mol. The van der Waals surface area contributed by atoms with Crippen LogP contribution < -0.4 is 42.5 Å². The molecule has 0 saturated carbocycles. The molecule has 56 heteroatoms. The minimum atomic E-state index is -1.89. The zero-order valence-corrected chi connectivity index (χ0v) is 78.3. The molecule has 4 rings (SSSR count). The van der Waals surface area contributed by atoms with Gasteiger partial charge in [-0.3, -0.25) is 174 Å². The standard InChI is InChI=1S/C81H140N24O32/c1-57(102-29-21-94(45-69(118)119)13-5-90(41-65(110)111)6-14-95(22-30-102)46-70(120)121)77(134)82-37-61(106)86-53-81(54-87-62(107)38-83-78(135)58(2)103-31-23-96(47-71(122)123)15-7-91(42-66(112)113)8-16-97(24-32-103)48-72(124)125,55-88-63(108)39-84-79(136)59(3)104-33-25-98(49-73(126)127)17-9-92(43-67(114)115)10-18-99(26-34-104)50-74(128)129)56-89-64(109)40-85-80(137)60(4)105-35-27-100(51-75(130)131)19-11-93(44-68(116)117)12-20-101(28-36-105)52-76(132)133/h57-60H,5-56H2,1-4H3,(H,82,134)(H,83,135)(H,84,136)(H,85,137)(H,86,106)(H,87,107)(H,88,108)(H,89,109)(H,110,111)(H,112,113)(H,114,115)(H,116,117)(H,118,119)(H,120,121)(H,122,123)(H,124,125)(H,126,127)(H,128,129)(H,130,131)(H,132,133)/t57-,58-,59-,60-/m1/s1. The summed E-state index contributed by atoms with van der Waals surface area (Å²) in [7, 11) is 0. The summed E-state index contributed by atoms with van der Waals surface area (Å²) < 4.78 is 0. The van der Waals surface area contributed by atoms with Crippen molar-refractivity contribution in [2.24, 2.45) is 5.41 Å². The van der Waals surface area contributed by atoms with Gasteiger partial charge in [-0.15, -0.1) is 0 Å². The van der Waals surface area contributed by atoms with Crippen LogP contribution in [0.3, 0.4) is 0 Å². The molecule has 776 valence electrons. The molecule has 4 heterocycles. The van der Waals surface area contributed by atoms with Crippen LogP contribution in [-0.4, -0.2) is 623 Å². The van der Waals surface area contributed by atoms with Crippen LogP contribution >= 0.6 is 0 Å². The summed E-state index contributed by atoms with van der Waals surface area (Å²) in [5, 5.41) is 138. The van der Waals surface area contributed by atoms with Gasteiger partial charge in [-0.05, 0) is 27.7 Å². The molecule has 0 unspecified atom stereocenters. The van der Waals surface area contributed by atoms with Gasteiger partial charge >= 0.3 is 71.6 Å². The van der Waals surface area contributed by atoms with E-state index in [1.54, 1.807) is 19.6 Å². The van der Waals surface area contributed by atoms with E-state index in [2.05, 4.69) is 42.5 Å². The van der Waals surface area contributed by atoms with Crippen molar-refractivity contribution in [2.45, 2.75) is 51.9 Å². The molecule has 0 aromatic carbocycles. The van der Waals surface area contributed by atoms with Crippen LogP contribution in [0.1, 0.15) is 27.7 Å². The number of amides is 8. The molecule has 4 atom stereocenters.